The minimum Gasteiger partial charge on any atom is -0.478 e. The van der Waals surface area contributed by atoms with Crippen LogP contribution in [-0.2, 0) is 17.8 Å². The van der Waals surface area contributed by atoms with Crippen molar-refractivity contribution in [2.24, 2.45) is 0 Å². The number of aromatic nitrogens is 2. The van der Waals surface area contributed by atoms with E-state index in [-0.39, 0.29) is 11.7 Å². The topological polar surface area (TPSA) is 75.2 Å². The number of carboxylic acids is 1. The summed E-state index contributed by atoms with van der Waals surface area (Å²) in [5.41, 5.74) is 1.24. The van der Waals surface area contributed by atoms with Gasteiger partial charge in [0, 0.05) is 18.8 Å². The summed E-state index contributed by atoms with van der Waals surface area (Å²) in [5, 5.41) is 8.80. The second-order valence-corrected chi connectivity index (χ2v) is 4.36. The fraction of sp³-hybridized carbons (Fsp3) is 0.286. The van der Waals surface area contributed by atoms with E-state index in [1.165, 1.54) is 0 Å². The first kappa shape index (κ1) is 13.3. The highest BCUT2D eigenvalue weighted by atomic mass is 16.5. The molecular formula is C14H16N2O3. The van der Waals surface area contributed by atoms with Crippen molar-refractivity contribution in [3.63, 3.8) is 0 Å². The van der Waals surface area contributed by atoms with Crippen LogP contribution in [-0.4, -0.2) is 27.1 Å². The van der Waals surface area contributed by atoms with Gasteiger partial charge in [0.1, 0.15) is 5.82 Å². The SMILES string of the molecule is CC(Cc1ncc[nH]1)OCc1ccc(C(=O)O)cc1. The van der Waals surface area contributed by atoms with Crippen LogP contribution in [0.2, 0.25) is 0 Å². The van der Waals surface area contributed by atoms with Gasteiger partial charge >= 0.3 is 5.97 Å². The standard InChI is InChI=1S/C14H16N2O3/c1-10(8-13-15-6-7-16-13)19-9-11-2-4-12(5-3-11)14(17)18/h2-7,10H,8-9H2,1H3,(H,15,16)(H,17,18). The van der Waals surface area contributed by atoms with E-state index >= 15 is 0 Å². The highest BCUT2D eigenvalue weighted by molar-refractivity contribution is 5.87. The van der Waals surface area contributed by atoms with Crippen LogP contribution in [0.5, 0.6) is 0 Å². The van der Waals surface area contributed by atoms with Crippen LogP contribution >= 0.6 is 0 Å². The molecule has 0 bridgehead atoms. The maximum absolute atomic E-state index is 10.7. The van der Waals surface area contributed by atoms with Gasteiger partial charge in [0.25, 0.3) is 0 Å². The van der Waals surface area contributed by atoms with E-state index < -0.39 is 5.97 Å². The van der Waals surface area contributed by atoms with Gasteiger partial charge in [0.15, 0.2) is 0 Å². The van der Waals surface area contributed by atoms with E-state index in [2.05, 4.69) is 9.97 Å². The molecule has 2 aromatic rings. The Morgan fingerprint density at radius 1 is 1.42 bits per heavy atom. The van der Waals surface area contributed by atoms with Crippen molar-refractivity contribution in [3.05, 3.63) is 53.6 Å². The minimum atomic E-state index is -0.918. The van der Waals surface area contributed by atoms with E-state index in [4.69, 9.17) is 9.84 Å². The minimum absolute atomic E-state index is 0.0466. The molecule has 2 rings (SSSR count). The van der Waals surface area contributed by atoms with Crippen LogP contribution < -0.4 is 0 Å². The summed E-state index contributed by atoms with van der Waals surface area (Å²) in [6.07, 6.45) is 4.27. The number of hydrogen-bond donors (Lipinski definition) is 2. The Bertz CT molecular complexity index is 520. The fourth-order valence-corrected chi connectivity index (χ4v) is 1.72. The molecule has 1 heterocycles. The number of rotatable bonds is 6. The van der Waals surface area contributed by atoms with Crippen molar-refractivity contribution in [2.75, 3.05) is 0 Å². The summed E-state index contributed by atoms with van der Waals surface area (Å²) in [5.74, 6) is -0.0209. The van der Waals surface area contributed by atoms with Crippen molar-refractivity contribution in [1.82, 2.24) is 9.97 Å². The van der Waals surface area contributed by atoms with Gasteiger partial charge in [0.2, 0.25) is 0 Å². The molecule has 0 fully saturated rings. The van der Waals surface area contributed by atoms with Crippen LogP contribution in [0.3, 0.4) is 0 Å². The van der Waals surface area contributed by atoms with Crippen LogP contribution in [0.25, 0.3) is 0 Å². The normalized spacial score (nSPS) is 12.3. The lowest BCUT2D eigenvalue weighted by atomic mass is 10.1. The molecule has 0 saturated heterocycles. The molecular weight excluding hydrogens is 244 g/mol. The fourth-order valence-electron chi connectivity index (χ4n) is 1.72. The molecule has 5 heteroatoms. The lowest BCUT2D eigenvalue weighted by molar-refractivity contribution is 0.0523. The Labute approximate surface area is 111 Å². The predicted molar refractivity (Wildman–Crippen MR) is 69.9 cm³/mol. The van der Waals surface area contributed by atoms with Crippen molar-refractivity contribution in [1.29, 1.82) is 0 Å². The van der Waals surface area contributed by atoms with Crippen molar-refractivity contribution < 1.29 is 14.6 Å². The first-order valence-corrected chi connectivity index (χ1v) is 6.07. The third kappa shape index (κ3) is 3.93. The number of H-pyrrole nitrogens is 1. The number of carboxylic acid groups (broad SMARTS) is 1. The van der Waals surface area contributed by atoms with Crippen molar-refractivity contribution in [3.8, 4) is 0 Å². The zero-order chi connectivity index (χ0) is 13.7. The maximum Gasteiger partial charge on any atom is 0.335 e. The molecule has 100 valence electrons. The molecule has 5 nitrogen and oxygen atoms in total. The predicted octanol–water partition coefficient (Wildman–Crippen LogP) is 2.26. The van der Waals surface area contributed by atoms with Crippen LogP contribution in [0.4, 0.5) is 0 Å². The summed E-state index contributed by atoms with van der Waals surface area (Å²) in [6, 6.07) is 6.70. The molecule has 19 heavy (non-hydrogen) atoms. The molecule has 0 amide bonds. The maximum atomic E-state index is 10.7. The smallest absolute Gasteiger partial charge is 0.335 e. The number of nitrogens with one attached hydrogen (secondary N) is 1. The Balaban J connectivity index is 1.83. The number of nitrogens with zero attached hydrogens (tertiary/aromatic N) is 1. The van der Waals surface area contributed by atoms with Crippen LogP contribution in [0.15, 0.2) is 36.7 Å². The molecule has 2 N–H and O–H groups in total. The van der Waals surface area contributed by atoms with Crippen LogP contribution in [0.1, 0.15) is 28.7 Å². The van der Waals surface area contributed by atoms with E-state index in [9.17, 15) is 4.79 Å². The Kier molecular flexibility index (Phi) is 4.30. The molecule has 0 radical (unpaired) electrons. The monoisotopic (exact) mass is 260 g/mol. The molecule has 0 aliphatic heterocycles. The first-order chi connectivity index (χ1) is 9.15. The van der Waals surface area contributed by atoms with Gasteiger partial charge in [-0.1, -0.05) is 12.1 Å². The second-order valence-electron chi connectivity index (χ2n) is 4.36. The van der Waals surface area contributed by atoms with Gasteiger partial charge in [-0.25, -0.2) is 9.78 Å². The molecule has 1 aromatic heterocycles. The van der Waals surface area contributed by atoms with E-state index in [1.807, 2.05) is 6.92 Å². The summed E-state index contributed by atoms with van der Waals surface area (Å²) in [6.45, 7) is 2.44. The van der Waals surface area contributed by atoms with Gasteiger partial charge in [-0.2, -0.15) is 0 Å². The Morgan fingerprint density at radius 2 is 2.16 bits per heavy atom. The number of aromatic amines is 1. The number of imidazole rings is 1. The average molecular weight is 260 g/mol. The van der Waals surface area contributed by atoms with Gasteiger partial charge in [-0.3, -0.25) is 0 Å². The Hall–Kier alpha value is -2.14. The number of ether oxygens (including phenoxy) is 1. The third-order valence-corrected chi connectivity index (χ3v) is 2.77. The van der Waals surface area contributed by atoms with Gasteiger partial charge in [-0.15, -0.1) is 0 Å². The molecule has 1 unspecified atom stereocenters. The molecule has 1 atom stereocenters. The van der Waals surface area contributed by atoms with Crippen LogP contribution in [0, 0.1) is 0 Å². The number of hydrogen-bond acceptors (Lipinski definition) is 3. The highest BCUT2D eigenvalue weighted by Crippen LogP contribution is 2.08. The number of carbonyl (C=O) groups is 1. The van der Waals surface area contributed by atoms with E-state index in [0.717, 1.165) is 17.8 Å². The average Bonchev–Trinajstić information content (AvgIpc) is 2.89. The largest absolute Gasteiger partial charge is 0.478 e. The lowest BCUT2D eigenvalue weighted by Gasteiger charge is -2.11. The summed E-state index contributed by atoms with van der Waals surface area (Å²) in [7, 11) is 0. The van der Waals surface area contributed by atoms with E-state index in [1.54, 1.807) is 36.7 Å². The zero-order valence-corrected chi connectivity index (χ0v) is 10.7. The quantitative estimate of drug-likeness (QED) is 0.835. The van der Waals surface area contributed by atoms with Crippen molar-refractivity contribution in [2.45, 2.75) is 26.1 Å². The van der Waals surface area contributed by atoms with Gasteiger partial charge in [0.05, 0.1) is 18.3 Å². The molecule has 0 aliphatic rings. The molecule has 0 aliphatic carbocycles. The lowest BCUT2D eigenvalue weighted by Crippen LogP contribution is -2.12. The number of benzene rings is 1. The molecule has 1 aromatic carbocycles. The summed E-state index contributed by atoms with van der Waals surface area (Å²) >= 11 is 0. The number of aromatic carboxylic acids is 1. The van der Waals surface area contributed by atoms with Gasteiger partial charge in [-0.05, 0) is 24.6 Å². The molecule has 0 saturated carbocycles. The second kappa shape index (κ2) is 6.15. The van der Waals surface area contributed by atoms with Crippen molar-refractivity contribution >= 4 is 5.97 Å². The zero-order valence-electron chi connectivity index (χ0n) is 10.7. The van der Waals surface area contributed by atoms with E-state index in [0.29, 0.717) is 6.61 Å². The van der Waals surface area contributed by atoms with Gasteiger partial charge < -0.3 is 14.8 Å². The summed E-state index contributed by atoms with van der Waals surface area (Å²) in [4.78, 5) is 17.9. The third-order valence-electron chi connectivity index (χ3n) is 2.77. The highest BCUT2D eigenvalue weighted by Gasteiger charge is 2.07. The Morgan fingerprint density at radius 3 is 2.74 bits per heavy atom. The molecule has 0 spiro atoms. The summed E-state index contributed by atoms with van der Waals surface area (Å²) < 4.78 is 5.69. The first-order valence-electron chi connectivity index (χ1n) is 6.07.